The topological polar surface area (TPSA) is 99.2 Å². The highest BCUT2D eigenvalue weighted by atomic mass is 16.5. The van der Waals surface area contributed by atoms with E-state index in [0.29, 0.717) is 23.9 Å². The molecule has 1 amide bonds. The summed E-state index contributed by atoms with van der Waals surface area (Å²) < 4.78 is 7.92. The van der Waals surface area contributed by atoms with Gasteiger partial charge in [0.2, 0.25) is 5.91 Å². The molecule has 174 valence electrons. The zero-order valence-electron chi connectivity index (χ0n) is 19.2. The predicted molar refractivity (Wildman–Crippen MR) is 132 cm³/mol. The van der Waals surface area contributed by atoms with E-state index in [-0.39, 0.29) is 11.9 Å². The number of allylic oxidation sites excluding steroid dienone is 3. The largest absolute Gasteiger partial charge is 0.458 e. The number of amides is 1. The number of nitrogen functional groups attached to an aromatic ring is 1. The van der Waals surface area contributed by atoms with E-state index in [1.54, 1.807) is 4.90 Å². The van der Waals surface area contributed by atoms with Crippen molar-refractivity contribution in [3.05, 3.63) is 67.2 Å². The van der Waals surface area contributed by atoms with Crippen LogP contribution < -0.4 is 10.5 Å². The summed E-state index contributed by atoms with van der Waals surface area (Å²) in [5.74, 6) is 2.40. The molecular weight excluding hydrogens is 428 g/mol. The summed E-state index contributed by atoms with van der Waals surface area (Å²) in [5.41, 5.74) is 8.57. The van der Waals surface area contributed by atoms with Gasteiger partial charge in [0.05, 0.1) is 11.4 Å². The number of rotatable bonds is 5. The van der Waals surface area contributed by atoms with Crippen molar-refractivity contribution < 1.29 is 9.53 Å². The average molecular weight is 457 g/mol. The Kier molecular flexibility index (Phi) is 5.88. The first-order chi connectivity index (χ1) is 16.5. The van der Waals surface area contributed by atoms with Gasteiger partial charge < -0.3 is 15.4 Å². The van der Waals surface area contributed by atoms with E-state index >= 15 is 0 Å². The summed E-state index contributed by atoms with van der Waals surface area (Å²) in [4.78, 5) is 22.7. The maximum atomic E-state index is 12.2. The van der Waals surface area contributed by atoms with Crippen LogP contribution in [0.25, 0.3) is 22.3 Å². The zero-order chi connectivity index (χ0) is 23.7. The Morgan fingerprint density at radius 1 is 1.26 bits per heavy atom. The molecule has 34 heavy (non-hydrogen) atoms. The van der Waals surface area contributed by atoms with Crippen LogP contribution in [0, 0.1) is 5.92 Å². The molecule has 8 nitrogen and oxygen atoms in total. The number of carbonyl (C=O) groups excluding carboxylic acids is 1. The molecule has 2 aliphatic rings. The molecule has 8 heteroatoms. The number of piperidine rings is 1. The maximum absolute atomic E-state index is 12.2. The van der Waals surface area contributed by atoms with Crippen LogP contribution in [-0.4, -0.2) is 43.6 Å². The number of nitrogens with zero attached hydrogens (tertiary/aromatic N) is 5. The molecule has 1 aliphatic carbocycles. The van der Waals surface area contributed by atoms with Gasteiger partial charge in [-0.15, -0.1) is 0 Å². The Morgan fingerprint density at radius 2 is 2.09 bits per heavy atom. The Bertz CT molecular complexity index is 1290. The van der Waals surface area contributed by atoms with Gasteiger partial charge in [0, 0.05) is 18.7 Å². The van der Waals surface area contributed by atoms with Crippen LogP contribution in [0.2, 0.25) is 0 Å². The smallest absolute Gasteiger partial charge is 0.246 e. The molecule has 3 aromatic rings. The van der Waals surface area contributed by atoms with E-state index < -0.39 is 0 Å². The van der Waals surface area contributed by atoms with Gasteiger partial charge in [-0.25, -0.2) is 14.6 Å². The number of anilines is 1. The molecule has 1 aromatic carbocycles. The summed E-state index contributed by atoms with van der Waals surface area (Å²) in [5, 5.41) is 5.64. The summed E-state index contributed by atoms with van der Waals surface area (Å²) in [6.07, 6.45) is 11.9. The number of hydrogen-bond acceptors (Lipinski definition) is 6. The highest BCUT2D eigenvalue weighted by Gasteiger charge is 2.28. The highest BCUT2D eigenvalue weighted by molar-refractivity contribution is 5.98. The standard InChI is InChI=1S/C26H28N6O2/c1-3-22(33)31-13-5-7-19(15-31)32-26-23(25(27)28-16-29-26)24(30-32)18-9-11-20(12-10-18)34-21-8-4-6-17(2)14-21/h3-4,8-12,14,16-17,19H,1,5-7,13,15H2,2H3,(H2,27,28,29)/t17?,19-/m1/s1. The summed E-state index contributed by atoms with van der Waals surface area (Å²) in [6.45, 7) is 7.06. The fourth-order valence-corrected chi connectivity index (χ4v) is 4.62. The molecule has 2 aromatic heterocycles. The van der Waals surface area contributed by atoms with Crippen LogP contribution in [0.4, 0.5) is 5.82 Å². The number of nitrogens with two attached hydrogens (primary N) is 1. The number of ether oxygens (including phenoxy) is 1. The van der Waals surface area contributed by atoms with Crippen molar-refractivity contribution in [2.45, 2.75) is 32.2 Å². The lowest BCUT2D eigenvalue weighted by Gasteiger charge is -2.32. The maximum Gasteiger partial charge on any atom is 0.246 e. The van der Waals surface area contributed by atoms with Gasteiger partial charge in [0.15, 0.2) is 5.65 Å². The van der Waals surface area contributed by atoms with Crippen LogP contribution in [0.3, 0.4) is 0 Å². The third-order valence-electron chi connectivity index (χ3n) is 6.35. The van der Waals surface area contributed by atoms with Crippen LogP contribution in [0.5, 0.6) is 5.75 Å². The Hall–Kier alpha value is -3.94. The SMILES string of the molecule is C=CC(=O)N1CCC[C@@H](n2nc(-c3ccc(OC4=CC(C)CC=C4)cc3)c3c(N)ncnc32)C1. The van der Waals surface area contributed by atoms with Crippen LogP contribution >= 0.6 is 0 Å². The quantitative estimate of drug-likeness (QED) is 0.575. The van der Waals surface area contributed by atoms with Crippen LogP contribution in [0.1, 0.15) is 32.2 Å². The Balaban J connectivity index is 1.48. The molecule has 0 spiro atoms. The van der Waals surface area contributed by atoms with Gasteiger partial charge >= 0.3 is 0 Å². The summed E-state index contributed by atoms with van der Waals surface area (Å²) in [7, 11) is 0. The number of fused-ring (bicyclic) bond motifs is 1. The van der Waals surface area contributed by atoms with Gasteiger partial charge in [-0.3, -0.25) is 4.79 Å². The predicted octanol–water partition coefficient (Wildman–Crippen LogP) is 4.28. The lowest BCUT2D eigenvalue weighted by Crippen LogP contribution is -2.40. The molecule has 0 bridgehead atoms. The lowest BCUT2D eigenvalue weighted by molar-refractivity contribution is -0.127. The number of hydrogen-bond donors (Lipinski definition) is 1. The third kappa shape index (κ3) is 4.19. The normalized spacial score (nSPS) is 20.3. The van der Waals surface area contributed by atoms with Crippen molar-refractivity contribution in [3.63, 3.8) is 0 Å². The van der Waals surface area contributed by atoms with Crippen molar-refractivity contribution in [3.8, 4) is 17.0 Å². The minimum Gasteiger partial charge on any atom is -0.458 e. The third-order valence-corrected chi connectivity index (χ3v) is 6.35. The fourth-order valence-electron chi connectivity index (χ4n) is 4.62. The highest BCUT2D eigenvalue weighted by Crippen LogP contribution is 2.34. The van der Waals surface area contributed by atoms with Crippen molar-refractivity contribution >= 4 is 22.8 Å². The van der Waals surface area contributed by atoms with Gasteiger partial charge in [0.25, 0.3) is 0 Å². The van der Waals surface area contributed by atoms with Crippen molar-refractivity contribution in [1.29, 1.82) is 0 Å². The van der Waals surface area contributed by atoms with Crippen molar-refractivity contribution in [2.75, 3.05) is 18.8 Å². The van der Waals surface area contributed by atoms with Crippen LogP contribution in [-0.2, 0) is 4.79 Å². The molecule has 1 unspecified atom stereocenters. The molecular formula is C26H28N6O2. The van der Waals surface area contributed by atoms with E-state index in [1.807, 2.05) is 35.0 Å². The second-order valence-corrected chi connectivity index (χ2v) is 8.85. The van der Waals surface area contributed by atoms with E-state index in [2.05, 4.69) is 35.6 Å². The number of aromatic nitrogens is 4. The monoisotopic (exact) mass is 456 g/mol. The van der Waals surface area contributed by atoms with Crippen molar-refractivity contribution in [2.24, 2.45) is 5.92 Å². The molecule has 5 rings (SSSR count). The van der Waals surface area contributed by atoms with Gasteiger partial charge in [0.1, 0.15) is 29.3 Å². The Morgan fingerprint density at radius 3 is 2.85 bits per heavy atom. The fraction of sp³-hybridized carbons (Fsp3) is 0.308. The van der Waals surface area contributed by atoms with E-state index in [9.17, 15) is 4.79 Å². The minimum atomic E-state index is -0.0663. The van der Waals surface area contributed by atoms with E-state index in [4.69, 9.17) is 15.6 Å². The van der Waals surface area contributed by atoms with Gasteiger partial charge in [-0.2, -0.15) is 5.10 Å². The van der Waals surface area contributed by atoms with Gasteiger partial charge in [-0.05, 0) is 67.7 Å². The van der Waals surface area contributed by atoms with Gasteiger partial charge in [-0.1, -0.05) is 19.6 Å². The lowest BCUT2D eigenvalue weighted by atomic mass is 10.0. The molecule has 1 fully saturated rings. The van der Waals surface area contributed by atoms with E-state index in [0.717, 1.165) is 54.0 Å². The first-order valence-corrected chi connectivity index (χ1v) is 11.6. The number of carbonyl (C=O) groups is 1. The average Bonchev–Trinajstić information content (AvgIpc) is 3.25. The van der Waals surface area contributed by atoms with Crippen LogP contribution in [0.15, 0.2) is 67.2 Å². The van der Waals surface area contributed by atoms with Crippen molar-refractivity contribution in [1.82, 2.24) is 24.6 Å². The number of likely N-dealkylation sites (tertiary alicyclic amines) is 1. The molecule has 0 radical (unpaired) electrons. The first-order valence-electron chi connectivity index (χ1n) is 11.6. The zero-order valence-corrected chi connectivity index (χ0v) is 19.2. The second kappa shape index (κ2) is 9.13. The molecule has 2 N–H and O–H groups in total. The summed E-state index contributed by atoms with van der Waals surface area (Å²) >= 11 is 0. The molecule has 2 atom stereocenters. The number of benzene rings is 1. The second-order valence-electron chi connectivity index (χ2n) is 8.85. The Labute approximate surface area is 198 Å². The van der Waals surface area contributed by atoms with E-state index in [1.165, 1.54) is 12.4 Å². The molecule has 0 saturated carbocycles. The first kappa shape index (κ1) is 21.9. The summed E-state index contributed by atoms with van der Waals surface area (Å²) in [6, 6.07) is 7.80. The molecule has 1 saturated heterocycles. The minimum absolute atomic E-state index is 0.00202. The molecule has 1 aliphatic heterocycles. The molecule has 3 heterocycles.